The lowest BCUT2D eigenvalue weighted by molar-refractivity contribution is 0.443. The predicted octanol–water partition coefficient (Wildman–Crippen LogP) is 1.45. The van der Waals surface area contributed by atoms with Gasteiger partial charge in [-0.3, -0.25) is 0 Å². The van der Waals surface area contributed by atoms with Crippen molar-refractivity contribution in [1.82, 2.24) is 9.80 Å². The van der Waals surface area contributed by atoms with Crippen molar-refractivity contribution in [3.8, 4) is 0 Å². The summed E-state index contributed by atoms with van der Waals surface area (Å²) < 4.78 is 0. The fourth-order valence-corrected chi connectivity index (χ4v) is 3.56. The minimum absolute atomic E-state index is 0.830. The van der Waals surface area contributed by atoms with Gasteiger partial charge >= 0.3 is 0 Å². The van der Waals surface area contributed by atoms with Gasteiger partial charge in [0.15, 0.2) is 0 Å². The molecule has 0 saturated carbocycles. The van der Waals surface area contributed by atoms with Crippen LogP contribution in [0.1, 0.15) is 0 Å². The first-order valence-corrected chi connectivity index (χ1v) is 7.64. The summed E-state index contributed by atoms with van der Waals surface area (Å²) in [6, 6.07) is 21.9. The largest absolute Gasteiger partial charge is 0.343 e. The Balaban J connectivity index is 2.59. The molecule has 0 aliphatic carbocycles. The van der Waals surface area contributed by atoms with E-state index in [1.54, 1.807) is 0 Å². The molecule has 2 aromatic carbocycles. The SMILES string of the molecule is CN(C)C[B-](CN(C)C)(c1ccccc1)c1ccccc1. The zero-order chi connectivity index (χ0) is 15.3. The lowest BCUT2D eigenvalue weighted by Gasteiger charge is -2.45. The average Bonchev–Trinajstić information content (AvgIpc) is 2.47. The molecule has 0 amide bonds. The van der Waals surface area contributed by atoms with E-state index in [2.05, 4.69) is 98.7 Å². The first-order chi connectivity index (χ1) is 10.0. The Bertz CT molecular complexity index is 486. The van der Waals surface area contributed by atoms with E-state index in [0.717, 1.165) is 12.9 Å². The van der Waals surface area contributed by atoms with E-state index in [4.69, 9.17) is 0 Å². The van der Waals surface area contributed by atoms with Crippen LogP contribution in [0.3, 0.4) is 0 Å². The second-order valence-electron chi connectivity index (χ2n) is 6.60. The molecule has 3 heteroatoms. The van der Waals surface area contributed by atoms with Crippen LogP contribution >= 0.6 is 0 Å². The highest BCUT2D eigenvalue weighted by atomic mass is 15.1. The Labute approximate surface area is 129 Å². The lowest BCUT2D eigenvalue weighted by Crippen LogP contribution is -2.69. The Kier molecular flexibility index (Phi) is 5.21. The van der Waals surface area contributed by atoms with E-state index in [-0.39, 0.29) is 0 Å². The molecule has 0 aliphatic rings. The molecule has 0 radical (unpaired) electrons. The van der Waals surface area contributed by atoms with Crippen LogP contribution in [0.4, 0.5) is 0 Å². The predicted molar refractivity (Wildman–Crippen MR) is 95.0 cm³/mol. The zero-order valence-corrected chi connectivity index (χ0v) is 13.7. The van der Waals surface area contributed by atoms with Gasteiger partial charge in [-0.2, -0.15) is 0 Å². The molecule has 0 saturated heterocycles. The van der Waals surface area contributed by atoms with E-state index in [1.165, 1.54) is 10.9 Å². The third-order valence-corrected chi connectivity index (χ3v) is 4.23. The third kappa shape index (κ3) is 3.75. The average molecular weight is 281 g/mol. The van der Waals surface area contributed by atoms with Gasteiger partial charge < -0.3 is 9.80 Å². The molecule has 2 nitrogen and oxygen atoms in total. The molecule has 0 aromatic heterocycles. The number of benzene rings is 2. The van der Waals surface area contributed by atoms with Crippen LogP contribution in [0.5, 0.6) is 0 Å². The number of hydrogen-bond acceptors (Lipinski definition) is 2. The zero-order valence-electron chi connectivity index (χ0n) is 13.7. The van der Waals surface area contributed by atoms with Gasteiger partial charge in [-0.1, -0.05) is 60.7 Å². The Hall–Kier alpha value is -1.58. The summed E-state index contributed by atoms with van der Waals surface area (Å²) >= 11 is 0. The molecule has 0 bridgehead atoms. The number of rotatable bonds is 6. The highest BCUT2D eigenvalue weighted by Crippen LogP contribution is 2.09. The monoisotopic (exact) mass is 281 g/mol. The smallest absolute Gasteiger partial charge is 0.0819 e. The van der Waals surface area contributed by atoms with Crippen molar-refractivity contribution < 1.29 is 0 Å². The molecule has 0 N–H and O–H groups in total. The maximum Gasteiger partial charge on any atom is 0.0819 e. The molecular weight excluding hydrogens is 255 g/mol. The second-order valence-corrected chi connectivity index (χ2v) is 6.60. The summed E-state index contributed by atoms with van der Waals surface area (Å²) in [4.78, 5) is 4.62. The normalized spacial score (nSPS) is 12.1. The highest BCUT2D eigenvalue weighted by molar-refractivity contribution is 7.02. The summed E-state index contributed by atoms with van der Waals surface area (Å²) in [5, 5.41) is 0. The molecule has 0 atom stereocenters. The van der Waals surface area contributed by atoms with Crippen molar-refractivity contribution in [3.05, 3.63) is 60.7 Å². The van der Waals surface area contributed by atoms with Crippen molar-refractivity contribution in [2.75, 3.05) is 41.1 Å². The summed E-state index contributed by atoms with van der Waals surface area (Å²) in [5.74, 6) is 0. The first-order valence-electron chi connectivity index (χ1n) is 7.64. The van der Waals surface area contributed by atoms with Gasteiger partial charge in [0.05, 0.1) is 6.15 Å². The van der Waals surface area contributed by atoms with Gasteiger partial charge in [0, 0.05) is 0 Å². The molecule has 112 valence electrons. The van der Waals surface area contributed by atoms with E-state index in [0.29, 0.717) is 0 Å². The fraction of sp³-hybridized carbons (Fsp3) is 0.333. The van der Waals surface area contributed by atoms with Crippen LogP contribution in [0.25, 0.3) is 0 Å². The van der Waals surface area contributed by atoms with Crippen LogP contribution < -0.4 is 10.9 Å². The van der Waals surface area contributed by atoms with E-state index in [9.17, 15) is 0 Å². The van der Waals surface area contributed by atoms with Crippen LogP contribution in [0.2, 0.25) is 0 Å². The quantitative estimate of drug-likeness (QED) is 0.740. The van der Waals surface area contributed by atoms with E-state index in [1.807, 2.05) is 0 Å². The molecule has 0 aliphatic heterocycles. The minimum Gasteiger partial charge on any atom is -0.343 e. The third-order valence-electron chi connectivity index (χ3n) is 4.23. The molecule has 2 rings (SSSR count). The Morgan fingerprint density at radius 3 is 1.24 bits per heavy atom. The maximum absolute atomic E-state index is 2.31. The topological polar surface area (TPSA) is 6.48 Å². The van der Waals surface area contributed by atoms with Crippen molar-refractivity contribution in [3.63, 3.8) is 0 Å². The van der Waals surface area contributed by atoms with Crippen LogP contribution in [-0.4, -0.2) is 57.0 Å². The second kappa shape index (κ2) is 6.92. The molecule has 0 heterocycles. The fourth-order valence-electron chi connectivity index (χ4n) is 3.56. The van der Waals surface area contributed by atoms with Gasteiger partial charge in [-0.15, -0.1) is 12.9 Å². The van der Waals surface area contributed by atoms with Gasteiger partial charge in [0.1, 0.15) is 0 Å². The summed E-state index contributed by atoms with van der Waals surface area (Å²) in [6.45, 7) is 0. The minimum atomic E-state index is -0.830. The standard InChI is InChI=1S/C18H26BN2/c1-20(2)15-19(16-21(3)4,17-11-7-5-8-12-17)18-13-9-6-10-14-18/h5-14H,15-16H2,1-4H3/q-1. The van der Waals surface area contributed by atoms with Crippen molar-refractivity contribution in [1.29, 1.82) is 0 Å². The van der Waals surface area contributed by atoms with Crippen LogP contribution in [-0.2, 0) is 0 Å². The van der Waals surface area contributed by atoms with E-state index < -0.39 is 6.15 Å². The Morgan fingerprint density at radius 1 is 0.619 bits per heavy atom. The lowest BCUT2D eigenvalue weighted by atomic mass is 9.18. The maximum atomic E-state index is 2.31. The first kappa shape index (κ1) is 15.8. The highest BCUT2D eigenvalue weighted by Gasteiger charge is 2.29. The molecular formula is C18H26BN2-. The van der Waals surface area contributed by atoms with Gasteiger partial charge in [0.2, 0.25) is 0 Å². The van der Waals surface area contributed by atoms with Crippen molar-refractivity contribution in [2.24, 2.45) is 0 Å². The van der Waals surface area contributed by atoms with Gasteiger partial charge in [-0.25, -0.2) is 10.9 Å². The molecule has 0 unspecified atom stereocenters. The Morgan fingerprint density at radius 2 is 0.952 bits per heavy atom. The van der Waals surface area contributed by atoms with Crippen LogP contribution in [0.15, 0.2) is 60.7 Å². The summed E-state index contributed by atoms with van der Waals surface area (Å²) in [7, 11) is 8.66. The van der Waals surface area contributed by atoms with Gasteiger partial charge in [0.25, 0.3) is 0 Å². The van der Waals surface area contributed by atoms with E-state index >= 15 is 0 Å². The summed E-state index contributed by atoms with van der Waals surface area (Å²) in [6.07, 6.45) is 1.27. The van der Waals surface area contributed by atoms with Crippen LogP contribution in [0, 0.1) is 0 Å². The number of nitrogens with zero attached hydrogens (tertiary/aromatic N) is 2. The summed E-state index contributed by atoms with van der Waals surface area (Å²) in [5.41, 5.74) is 2.87. The molecule has 0 spiro atoms. The molecule has 0 fully saturated rings. The van der Waals surface area contributed by atoms with Crippen molar-refractivity contribution in [2.45, 2.75) is 0 Å². The number of hydrogen-bond donors (Lipinski definition) is 0. The van der Waals surface area contributed by atoms with Gasteiger partial charge in [-0.05, 0) is 28.2 Å². The molecule has 21 heavy (non-hydrogen) atoms. The molecule has 2 aromatic rings. The van der Waals surface area contributed by atoms with Crippen molar-refractivity contribution >= 4 is 17.1 Å².